The van der Waals surface area contributed by atoms with E-state index in [1.54, 1.807) is 32.3 Å². The molecule has 1 saturated heterocycles. The van der Waals surface area contributed by atoms with E-state index in [9.17, 15) is 14.0 Å². The smallest absolute Gasteiger partial charge is 0.284 e. The van der Waals surface area contributed by atoms with Gasteiger partial charge in [0.25, 0.3) is 11.5 Å². The maximum atomic E-state index is 15.1. The summed E-state index contributed by atoms with van der Waals surface area (Å²) in [6.45, 7) is 4.40. The Bertz CT molecular complexity index is 1270. The number of H-pyrrole nitrogens is 1. The molecule has 0 saturated carbocycles. The van der Waals surface area contributed by atoms with Gasteiger partial charge in [0.15, 0.2) is 5.82 Å². The van der Waals surface area contributed by atoms with Crippen LogP contribution in [0.25, 0.3) is 11.0 Å². The van der Waals surface area contributed by atoms with Crippen molar-refractivity contribution in [3.8, 4) is 0 Å². The molecule has 2 N–H and O–H groups in total. The molecular weight excluding hydrogens is 444 g/mol. The number of aromatic amines is 1. The average Bonchev–Trinajstić information content (AvgIpc) is 2.81. The van der Waals surface area contributed by atoms with Crippen LogP contribution < -0.4 is 15.9 Å². The van der Waals surface area contributed by atoms with E-state index in [-0.39, 0.29) is 16.8 Å². The van der Waals surface area contributed by atoms with Crippen LogP contribution in [0.15, 0.2) is 29.1 Å². The molecule has 0 radical (unpaired) electrons. The molecule has 0 unspecified atom stereocenters. The first-order chi connectivity index (χ1) is 16.3. The number of rotatable bonds is 6. The molecule has 1 fully saturated rings. The van der Waals surface area contributed by atoms with Crippen molar-refractivity contribution in [2.45, 2.75) is 19.9 Å². The number of pyridine rings is 1. The van der Waals surface area contributed by atoms with E-state index in [4.69, 9.17) is 0 Å². The van der Waals surface area contributed by atoms with Gasteiger partial charge < -0.3 is 9.88 Å². The molecule has 1 aliphatic heterocycles. The van der Waals surface area contributed by atoms with Crippen molar-refractivity contribution in [1.82, 2.24) is 30.3 Å². The second-order valence-corrected chi connectivity index (χ2v) is 8.40. The minimum atomic E-state index is -0.705. The number of carbonyl (C=O) groups is 1. The molecule has 0 bridgehead atoms. The summed E-state index contributed by atoms with van der Waals surface area (Å²) in [5, 5.41) is 1.46. The first-order valence-corrected chi connectivity index (χ1v) is 11.1. The highest BCUT2D eigenvalue weighted by molar-refractivity contribution is 5.92. The second kappa shape index (κ2) is 9.82. The lowest BCUT2D eigenvalue weighted by Crippen LogP contribution is -2.46. The molecule has 9 nitrogen and oxygen atoms in total. The monoisotopic (exact) mass is 471 g/mol. The van der Waals surface area contributed by atoms with Crippen LogP contribution in [0.1, 0.15) is 28.7 Å². The number of benzene rings is 1. The number of fused-ring (bicyclic) bond motifs is 1. The molecule has 0 aliphatic carbocycles. The van der Waals surface area contributed by atoms with Gasteiger partial charge in [-0.15, -0.1) is 0 Å². The Morgan fingerprint density at radius 3 is 2.50 bits per heavy atom. The predicted octanol–water partition coefficient (Wildman–Crippen LogP) is 1.69. The van der Waals surface area contributed by atoms with E-state index >= 15 is 4.39 Å². The van der Waals surface area contributed by atoms with Gasteiger partial charge in [-0.05, 0) is 24.6 Å². The third kappa shape index (κ3) is 4.90. The van der Waals surface area contributed by atoms with Gasteiger partial charge in [-0.25, -0.2) is 19.4 Å². The fraction of sp³-hybridized carbons (Fsp3) is 0.391. The molecule has 4 rings (SSSR count). The van der Waals surface area contributed by atoms with Gasteiger partial charge in [0.1, 0.15) is 16.9 Å². The summed E-state index contributed by atoms with van der Waals surface area (Å²) < 4.78 is 29.7. The number of aryl methyl sites for hydroxylation is 1. The number of halogens is 2. The van der Waals surface area contributed by atoms with Gasteiger partial charge in [-0.3, -0.25) is 19.9 Å². The molecule has 2 aromatic heterocycles. The lowest BCUT2D eigenvalue weighted by molar-refractivity contribution is 0.0850. The fourth-order valence-corrected chi connectivity index (χ4v) is 4.00. The van der Waals surface area contributed by atoms with E-state index in [1.807, 2.05) is 11.8 Å². The molecule has 3 aromatic rings. The van der Waals surface area contributed by atoms with Gasteiger partial charge >= 0.3 is 0 Å². The topological polar surface area (TPSA) is 97.5 Å². The molecule has 180 valence electrons. The number of nitrogens with one attached hydrogen (secondary N) is 2. The summed E-state index contributed by atoms with van der Waals surface area (Å²) in [4.78, 5) is 38.7. The summed E-state index contributed by atoms with van der Waals surface area (Å²) in [6.07, 6.45) is 0.473. The number of nitrogens with zero attached hydrogens (tertiary/aromatic N) is 5. The molecule has 0 spiro atoms. The van der Waals surface area contributed by atoms with Gasteiger partial charge in [-0.2, -0.15) is 4.39 Å². The lowest BCUT2D eigenvalue weighted by atomic mass is 10.1. The van der Waals surface area contributed by atoms with Crippen LogP contribution in [-0.4, -0.2) is 71.0 Å². The van der Waals surface area contributed by atoms with Crippen LogP contribution >= 0.6 is 0 Å². The Balaban J connectivity index is 1.42. The van der Waals surface area contributed by atoms with Crippen molar-refractivity contribution in [3.63, 3.8) is 0 Å². The van der Waals surface area contributed by atoms with Crippen molar-refractivity contribution in [2.24, 2.45) is 0 Å². The number of anilines is 1. The molecule has 3 heterocycles. The zero-order valence-electron chi connectivity index (χ0n) is 19.4. The zero-order valence-corrected chi connectivity index (χ0v) is 19.4. The Hall–Kier alpha value is -3.44. The van der Waals surface area contributed by atoms with Crippen LogP contribution in [0.2, 0.25) is 0 Å². The molecule has 1 aliphatic rings. The number of piperazine rings is 1. The second-order valence-electron chi connectivity index (χ2n) is 8.40. The van der Waals surface area contributed by atoms with Crippen LogP contribution in [0.4, 0.5) is 14.5 Å². The molecule has 11 heteroatoms. The van der Waals surface area contributed by atoms with Crippen molar-refractivity contribution >= 4 is 22.6 Å². The minimum Gasteiger partial charge on any atom is -0.365 e. The van der Waals surface area contributed by atoms with E-state index < -0.39 is 17.7 Å². The Kier molecular flexibility index (Phi) is 6.85. The first kappa shape index (κ1) is 23.7. The van der Waals surface area contributed by atoms with Crippen molar-refractivity contribution in [3.05, 3.63) is 63.3 Å². The van der Waals surface area contributed by atoms with Crippen LogP contribution in [-0.2, 0) is 13.0 Å². The summed E-state index contributed by atoms with van der Waals surface area (Å²) >= 11 is 0. The highest BCUT2D eigenvalue weighted by Gasteiger charge is 2.23. The third-order valence-electron chi connectivity index (χ3n) is 5.78. The van der Waals surface area contributed by atoms with Crippen LogP contribution in [0.3, 0.4) is 0 Å². The van der Waals surface area contributed by atoms with Crippen molar-refractivity contribution in [1.29, 1.82) is 0 Å². The van der Waals surface area contributed by atoms with E-state index in [0.29, 0.717) is 61.6 Å². The summed E-state index contributed by atoms with van der Waals surface area (Å²) in [5.74, 6) is -1.67. The first-order valence-electron chi connectivity index (χ1n) is 11.1. The number of amides is 1. The van der Waals surface area contributed by atoms with Gasteiger partial charge in [-0.1, -0.05) is 13.0 Å². The molecular formula is C23H27F2N7O2. The van der Waals surface area contributed by atoms with Crippen LogP contribution in [0.5, 0.6) is 0 Å². The van der Waals surface area contributed by atoms with Crippen molar-refractivity contribution in [2.75, 3.05) is 45.2 Å². The molecule has 34 heavy (non-hydrogen) atoms. The van der Waals surface area contributed by atoms with Gasteiger partial charge in [0.2, 0.25) is 5.95 Å². The number of hydrogen-bond donors (Lipinski definition) is 2. The van der Waals surface area contributed by atoms with Crippen LogP contribution in [0, 0.1) is 11.8 Å². The fourth-order valence-electron chi connectivity index (χ4n) is 4.00. The summed E-state index contributed by atoms with van der Waals surface area (Å²) in [5.41, 5.74) is 3.86. The van der Waals surface area contributed by atoms with E-state index in [2.05, 4.69) is 25.3 Å². The van der Waals surface area contributed by atoms with Crippen molar-refractivity contribution < 1.29 is 13.6 Å². The number of hydrogen-bond acceptors (Lipinski definition) is 7. The van der Waals surface area contributed by atoms with Gasteiger partial charge in [0, 0.05) is 52.4 Å². The normalized spacial score (nSPS) is 14.7. The average molecular weight is 472 g/mol. The van der Waals surface area contributed by atoms with E-state index in [0.717, 1.165) is 0 Å². The SMILES string of the molecule is CCc1nc2ccc(CN3CCN(c4ccc(C(=O)NN(C)C)nc4F)CC3)c(F)c2[nH]c1=O. The third-order valence-corrected chi connectivity index (χ3v) is 5.78. The highest BCUT2D eigenvalue weighted by Crippen LogP contribution is 2.22. The standard InChI is InChI=1S/C23H27F2N7O2/c1-4-15-22(33)28-20-16(26-15)6-5-14(19(20)24)13-31-9-11-32(12-10-31)18-8-7-17(27-21(18)25)23(34)29-30(2)3/h5-8H,4,9-13H2,1-3H3,(H,28,33)(H,29,34). The van der Waals surface area contributed by atoms with E-state index in [1.165, 1.54) is 11.1 Å². The minimum absolute atomic E-state index is 0.000968. The summed E-state index contributed by atoms with van der Waals surface area (Å²) in [6, 6.07) is 6.45. The zero-order chi connectivity index (χ0) is 24.4. The number of carbonyl (C=O) groups excluding carboxylic acids is 1. The van der Waals surface area contributed by atoms with Gasteiger partial charge in [0.05, 0.1) is 11.2 Å². The maximum absolute atomic E-state index is 15.1. The number of hydrazine groups is 1. The molecule has 1 aromatic carbocycles. The predicted molar refractivity (Wildman–Crippen MR) is 125 cm³/mol. The maximum Gasteiger partial charge on any atom is 0.284 e. The highest BCUT2D eigenvalue weighted by atomic mass is 19.1. The Morgan fingerprint density at radius 1 is 1.12 bits per heavy atom. The largest absolute Gasteiger partial charge is 0.365 e. The molecule has 1 amide bonds. The Morgan fingerprint density at radius 2 is 1.85 bits per heavy atom. The summed E-state index contributed by atoms with van der Waals surface area (Å²) in [7, 11) is 3.31. The Labute approximate surface area is 195 Å². The quantitative estimate of drug-likeness (QED) is 0.417. The number of aromatic nitrogens is 3. The lowest BCUT2D eigenvalue weighted by Gasteiger charge is -2.36. The molecule has 0 atom stereocenters.